The molecule has 1 aromatic carbocycles. The monoisotopic (exact) mass is 236 g/mol. The maximum atomic E-state index is 13.6. The van der Waals surface area contributed by atoms with Crippen molar-refractivity contribution in [1.29, 1.82) is 0 Å². The van der Waals surface area contributed by atoms with Gasteiger partial charge in [0.2, 0.25) is 0 Å². The first-order valence-electron chi connectivity index (χ1n) is 6.44. The zero-order valence-corrected chi connectivity index (χ0v) is 10.2. The predicted molar refractivity (Wildman–Crippen MR) is 68.6 cm³/mol. The van der Waals surface area contributed by atoms with Gasteiger partial charge in [0.25, 0.3) is 0 Å². The molecule has 2 nitrogen and oxygen atoms in total. The number of hydrogen-bond acceptors (Lipinski definition) is 2. The second-order valence-corrected chi connectivity index (χ2v) is 4.73. The minimum absolute atomic E-state index is 0.228. The predicted octanol–water partition coefficient (Wildman–Crippen LogP) is 2.51. The van der Waals surface area contributed by atoms with Crippen LogP contribution in [-0.2, 0) is 0 Å². The van der Waals surface area contributed by atoms with Gasteiger partial charge < -0.3 is 5.73 Å². The van der Waals surface area contributed by atoms with Gasteiger partial charge >= 0.3 is 0 Å². The smallest absolute Gasteiger partial charge is 0.103 e. The molecule has 2 atom stereocenters. The molecule has 1 aliphatic heterocycles. The SMILES string of the molecule is NCCCN1CCC(F)CC1c1ccccc1. The van der Waals surface area contributed by atoms with Gasteiger partial charge in [0.1, 0.15) is 6.17 Å². The van der Waals surface area contributed by atoms with Crippen molar-refractivity contribution in [1.82, 2.24) is 4.90 Å². The van der Waals surface area contributed by atoms with Gasteiger partial charge in [-0.15, -0.1) is 0 Å². The maximum Gasteiger partial charge on any atom is 0.103 e. The van der Waals surface area contributed by atoms with Crippen molar-refractivity contribution in [2.24, 2.45) is 5.73 Å². The van der Waals surface area contributed by atoms with E-state index in [2.05, 4.69) is 17.0 Å². The number of nitrogens with zero attached hydrogens (tertiary/aromatic N) is 1. The van der Waals surface area contributed by atoms with Crippen molar-refractivity contribution >= 4 is 0 Å². The topological polar surface area (TPSA) is 29.3 Å². The molecule has 17 heavy (non-hydrogen) atoms. The van der Waals surface area contributed by atoms with Crippen LogP contribution in [0.25, 0.3) is 0 Å². The van der Waals surface area contributed by atoms with E-state index in [9.17, 15) is 4.39 Å². The van der Waals surface area contributed by atoms with Crippen LogP contribution in [0.1, 0.15) is 30.9 Å². The fourth-order valence-electron chi connectivity index (χ4n) is 2.56. The lowest BCUT2D eigenvalue weighted by Gasteiger charge is -2.37. The Bertz CT molecular complexity index is 326. The molecule has 3 heteroatoms. The summed E-state index contributed by atoms with van der Waals surface area (Å²) in [5.41, 5.74) is 6.78. The molecule has 2 unspecified atom stereocenters. The third kappa shape index (κ3) is 3.27. The van der Waals surface area contributed by atoms with E-state index in [0.717, 1.165) is 19.5 Å². The molecular formula is C14H21FN2. The molecule has 1 aromatic rings. The van der Waals surface area contributed by atoms with Gasteiger partial charge in [0.15, 0.2) is 0 Å². The molecule has 0 bridgehead atoms. The lowest BCUT2D eigenvalue weighted by molar-refractivity contribution is 0.0894. The van der Waals surface area contributed by atoms with Crippen LogP contribution in [0.15, 0.2) is 30.3 Å². The first-order chi connectivity index (χ1) is 8.31. The third-order valence-corrected chi connectivity index (χ3v) is 3.48. The number of hydrogen-bond donors (Lipinski definition) is 1. The zero-order chi connectivity index (χ0) is 12.1. The van der Waals surface area contributed by atoms with Gasteiger partial charge in [-0.3, -0.25) is 4.90 Å². The normalized spacial score (nSPS) is 26.0. The number of alkyl halides is 1. The first kappa shape index (κ1) is 12.5. The molecule has 0 saturated carbocycles. The molecule has 0 aromatic heterocycles. The van der Waals surface area contributed by atoms with Gasteiger partial charge in [-0.05, 0) is 37.9 Å². The molecule has 0 radical (unpaired) electrons. The highest BCUT2D eigenvalue weighted by atomic mass is 19.1. The fraction of sp³-hybridized carbons (Fsp3) is 0.571. The van der Waals surface area contributed by atoms with Crippen LogP contribution in [0.2, 0.25) is 0 Å². The lowest BCUT2D eigenvalue weighted by atomic mass is 9.94. The van der Waals surface area contributed by atoms with Gasteiger partial charge in [0, 0.05) is 12.6 Å². The van der Waals surface area contributed by atoms with E-state index in [0.29, 0.717) is 19.4 Å². The fourth-order valence-corrected chi connectivity index (χ4v) is 2.56. The highest BCUT2D eigenvalue weighted by molar-refractivity contribution is 5.19. The van der Waals surface area contributed by atoms with E-state index in [1.54, 1.807) is 0 Å². The molecule has 0 spiro atoms. The maximum absolute atomic E-state index is 13.6. The second-order valence-electron chi connectivity index (χ2n) is 4.73. The molecule has 1 aliphatic rings. The van der Waals surface area contributed by atoms with Crippen LogP contribution in [0, 0.1) is 0 Å². The number of likely N-dealkylation sites (tertiary alicyclic amines) is 1. The number of nitrogens with two attached hydrogens (primary N) is 1. The summed E-state index contributed by atoms with van der Waals surface area (Å²) in [6, 6.07) is 10.5. The average Bonchev–Trinajstić information content (AvgIpc) is 2.38. The van der Waals surface area contributed by atoms with E-state index in [-0.39, 0.29) is 6.04 Å². The highest BCUT2D eigenvalue weighted by Gasteiger charge is 2.28. The van der Waals surface area contributed by atoms with Crippen LogP contribution in [0.4, 0.5) is 4.39 Å². The van der Waals surface area contributed by atoms with Crippen LogP contribution < -0.4 is 5.73 Å². The summed E-state index contributed by atoms with van der Waals surface area (Å²) in [7, 11) is 0. The molecule has 2 N–H and O–H groups in total. The van der Waals surface area contributed by atoms with Crippen LogP contribution >= 0.6 is 0 Å². The first-order valence-corrected chi connectivity index (χ1v) is 6.44. The van der Waals surface area contributed by atoms with Gasteiger partial charge in [0.05, 0.1) is 0 Å². The molecule has 0 amide bonds. The van der Waals surface area contributed by atoms with Crippen molar-refractivity contribution in [3.8, 4) is 0 Å². The Hall–Kier alpha value is -0.930. The van der Waals surface area contributed by atoms with Crippen molar-refractivity contribution in [2.75, 3.05) is 19.6 Å². The summed E-state index contributed by atoms with van der Waals surface area (Å²) >= 11 is 0. The highest BCUT2D eigenvalue weighted by Crippen LogP contribution is 2.32. The van der Waals surface area contributed by atoms with Gasteiger partial charge in [-0.25, -0.2) is 4.39 Å². The number of benzene rings is 1. The van der Waals surface area contributed by atoms with E-state index in [1.807, 2.05) is 18.2 Å². The number of halogens is 1. The Morgan fingerprint density at radius 2 is 2.06 bits per heavy atom. The van der Waals surface area contributed by atoms with Gasteiger partial charge in [-0.2, -0.15) is 0 Å². The van der Waals surface area contributed by atoms with Crippen molar-refractivity contribution in [3.05, 3.63) is 35.9 Å². The quantitative estimate of drug-likeness (QED) is 0.870. The van der Waals surface area contributed by atoms with E-state index in [1.165, 1.54) is 5.56 Å². The largest absolute Gasteiger partial charge is 0.330 e. The summed E-state index contributed by atoms with van der Waals surface area (Å²) in [6.07, 6.45) is 1.61. The third-order valence-electron chi connectivity index (χ3n) is 3.48. The standard InChI is InChI=1S/C14H21FN2/c15-13-7-10-17(9-4-8-16)14(11-13)12-5-2-1-3-6-12/h1-3,5-6,13-14H,4,7-11,16H2. The Balaban J connectivity index is 2.08. The Morgan fingerprint density at radius 1 is 1.29 bits per heavy atom. The minimum Gasteiger partial charge on any atom is -0.330 e. The summed E-state index contributed by atoms with van der Waals surface area (Å²) < 4.78 is 13.6. The average molecular weight is 236 g/mol. The van der Waals surface area contributed by atoms with Crippen LogP contribution in [-0.4, -0.2) is 30.7 Å². The van der Waals surface area contributed by atoms with Crippen LogP contribution in [0.3, 0.4) is 0 Å². The molecule has 1 fully saturated rings. The van der Waals surface area contributed by atoms with E-state index < -0.39 is 6.17 Å². The zero-order valence-electron chi connectivity index (χ0n) is 10.2. The minimum atomic E-state index is -0.658. The van der Waals surface area contributed by atoms with Crippen LogP contribution in [0.5, 0.6) is 0 Å². The molecule has 94 valence electrons. The summed E-state index contributed by atoms with van der Waals surface area (Å²) in [6.45, 7) is 2.53. The van der Waals surface area contributed by atoms with Crippen molar-refractivity contribution < 1.29 is 4.39 Å². The molecule has 1 saturated heterocycles. The van der Waals surface area contributed by atoms with Crippen molar-refractivity contribution in [3.63, 3.8) is 0 Å². The molecule has 2 rings (SSSR count). The Morgan fingerprint density at radius 3 is 2.76 bits per heavy atom. The summed E-state index contributed by atoms with van der Waals surface area (Å²) in [5, 5.41) is 0. The Labute approximate surface area is 103 Å². The molecular weight excluding hydrogens is 215 g/mol. The van der Waals surface area contributed by atoms with Crippen molar-refractivity contribution in [2.45, 2.75) is 31.5 Å². The molecule has 0 aliphatic carbocycles. The molecule has 1 heterocycles. The summed E-state index contributed by atoms with van der Waals surface area (Å²) in [4.78, 5) is 2.37. The second kappa shape index (κ2) is 6.12. The lowest BCUT2D eigenvalue weighted by Crippen LogP contribution is -2.38. The van der Waals surface area contributed by atoms with E-state index in [4.69, 9.17) is 5.73 Å². The Kier molecular flexibility index (Phi) is 4.51. The number of rotatable bonds is 4. The number of piperidine rings is 1. The van der Waals surface area contributed by atoms with Gasteiger partial charge in [-0.1, -0.05) is 30.3 Å². The summed E-state index contributed by atoms with van der Waals surface area (Å²) in [5.74, 6) is 0. The van der Waals surface area contributed by atoms with E-state index >= 15 is 0 Å².